The van der Waals surface area contributed by atoms with Gasteiger partial charge < -0.3 is 10.2 Å². The molecule has 2 rings (SSSR count). The highest BCUT2D eigenvalue weighted by molar-refractivity contribution is 9.10. The van der Waals surface area contributed by atoms with E-state index in [0.29, 0.717) is 19.0 Å². The zero-order valence-electron chi connectivity index (χ0n) is 13.0. The van der Waals surface area contributed by atoms with Crippen LogP contribution in [0.15, 0.2) is 28.7 Å². The number of halogens is 1. The third-order valence-corrected chi connectivity index (χ3v) is 4.73. The highest BCUT2D eigenvalue weighted by Gasteiger charge is 2.18. The Morgan fingerprint density at radius 1 is 1.23 bits per heavy atom. The minimum Gasteiger partial charge on any atom is -0.353 e. The molecule has 1 aromatic carbocycles. The van der Waals surface area contributed by atoms with Crippen molar-refractivity contribution in [2.24, 2.45) is 0 Å². The first kappa shape index (κ1) is 17.0. The van der Waals surface area contributed by atoms with Gasteiger partial charge in [0.1, 0.15) is 0 Å². The van der Waals surface area contributed by atoms with Gasteiger partial charge in [-0.15, -0.1) is 0 Å². The van der Waals surface area contributed by atoms with E-state index in [-0.39, 0.29) is 11.8 Å². The molecule has 22 heavy (non-hydrogen) atoms. The number of benzene rings is 1. The molecule has 0 atom stereocenters. The van der Waals surface area contributed by atoms with Crippen molar-refractivity contribution in [2.45, 2.75) is 51.5 Å². The van der Waals surface area contributed by atoms with Gasteiger partial charge in [-0.2, -0.15) is 0 Å². The summed E-state index contributed by atoms with van der Waals surface area (Å²) in [5.74, 6) is -0.0254. The van der Waals surface area contributed by atoms with E-state index in [9.17, 15) is 9.59 Å². The van der Waals surface area contributed by atoms with Crippen LogP contribution in [0.4, 0.5) is 5.69 Å². The van der Waals surface area contributed by atoms with Crippen molar-refractivity contribution in [1.82, 2.24) is 5.32 Å². The number of amides is 2. The van der Waals surface area contributed by atoms with E-state index in [0.717, 1.165) is 23.0 Å². The number of carbonyl (C=O) groups excluding carboxylic acids is 2. The molecule has 0 aliphatic heterocycles. The Hall–Kier alpha value is -1.36. The summed E-state index contributed by atoms with van der Waals surface area (Å²) in [5, 5.41) is 3.09. The quantitative estimate of drug-likeness (QED) is 0.864. The topological polar surface area (TPSA) is 49.4 Å². The number of carbonyl (C=O) groups is 2. The van der Waals surface area contributed by atoms with Crippen molar-refractivity contribution < 1.29 is 9.59 Å². The molecule has 1 N–H and O–H groups in total. The molecule has 0 radical (unpaired) electrons. The lowest BCUT2D eigenvalue weighted by Gasteiger charge is -2.25. The van der Waals surface area contributed by atoms with Crippen molar-refractivity contribution in [3.05, 3.63) is 28.7 Å². The van der Waals surface area contributed by atoms with Crippen LogP contribution in [0, 0.1) is 0 Å². The van der Waals surface area contributed by atoms with Crippen LogP contribution < -0.4 is 10.2 Å². The Labute approximate surface area is 140 Å². The van der Waals surface area contributed by atoms with Gasteiger partial charge in [-0.25, -0.2) is 0 Å². The average molecular weight is 367 g/mol. The van der Waals surface area contributed by atoms with Crippen LogP contribution in [0.5, 0.6) is 0 Å². The molecular weight excluding hydrogens is 344 g/mol. The normalized spacial score (nSPS) is 15.4. The highest BCUT2D eigenvalue weighted by Crippen LogP contribution is 2.26. The molecule has 5 heteroatoms. The summed E-state index contributed by atoms with van der Waals surface area (Å²) in [5.41, 5.74) is 0.806. The largest absolute Gasteiger partial charge is 0.353 e. The first-order chi connectivity index (χ1) is 10.6. The van der Waals surface area contributed by atoms with E-state index >= 15 is 0 Å². The zero-order chi connectivity index (χ0) is 15.9. The lowest BCUT2D eigenvalue weighted by atomic mass is 9.95. The molecule has 1 aromatic rings. The first-order valence-corrected chi connectivity index (χ1v) is 8.69. The van der Waals surface area contributed by atoms with Crippen molar-refractivity contribution in [3.8, 4) is 0 Å². The number of para-hydroxylation sites is 1. The molecular formula is C17H23BrN2O2. The summed E-state index contributed by atoms with van der Waals surface area (Å²) >= 11 is 3.46. The highest BCUT2D eigenvalue weighted by atomic mass is 79.9. The maximum atomic E-state index is 12.1. The van der Waals surface area contributed by atoms with Crippen molar-refractivity contribution in [2.75, 3.05) is 11.4 Å². The number of nitrogens with zero attached hydrogens (tertiary/aromatic N) is 1. The van der Waals surface area contributed by atoms with Gasteiger partial charge in [-0.1, -0.05) is 31.4 Å². The van der Waals surface area contributed by atoms with Crippen LogP contribution in [-0.4, -0.2) is 24.4 Å². The average Bonchev–Trinajstić information content (AvgIpc) is 2.50. The molecule has 0 saturated heterocycles. The smallest absolute Gasteiger partial charge is 0.223 e. The van der Waals surface area contributed by atoms with Gasteiger partial charge in [-0.3, -0.25) is 9.59 Å². The third kappa shape index (κ3) is 4.83. The van der Waals surface area contributed by atoms with Gasteiger partial charge in [0.15, 0.2) is 0 Å². The Balaban J connectivity index is 1.90. The maximum absolute atomic E-state index is 12.1. The van der Waals surface area contributed by atoms with Gasteiger partial charge in [0.05, 0.1) is 5.69 Å². The molecule has 1 fully saturated rings. The minimum absolute atomic E-state index is 0.0326. The molecule has 0 unspecified atom stereocenters. The predicted molar refractivity (Wildman–Crippen MR) is 91.8 cm³/mol. The Morgan fingerprint density at radius 2 is 1.91 bits per heavy atom. The fourth-order valence-corrected chi connectivity index (χ4v) is 3.38. The maximum Gasteiger partial charge on any atom is 0.223 e. The van der Waals surface area contributed by atoms with Crippen LogP contribution >= 0.6 is 15.9 Å². The second-order valence-corrected chi connectivity index (χ2v) is 6.63. The van der Waals surface area contributed by atoms with Gasteiger partial charge in [0.25, 0.3) is 0 Å². The number of rotatable bonds is 5. The van der Waals surface area contributed by atoms with Crippen LogP contribution in [0.3, 0.4) is 0 Å². The van der Waals surface area contributed by atoms with E-state index < -0.39 is 0 Å². The summed E-state index contributed by atoms with van der Waals surface area (Å²) in [6.45, 7) is 1.93. The first-order valence-electron chi connectivity index (χ1n) is 7.90. The second kappa shape index (κ2) is 8.32. The minimum atomic E-state index is -0.0580. The number of hydrogen-bond donors (Lipinski definition) is 1. The molecule has 0 aromatic heterocycles. The Bertz CT molecular complexity index is 527. The molecule has 0 bridgehead atoms. The summed E-state index contributed by atoms with van der Waals surface area (Å²) in [7, 11) is 0. The molecule has 0 heterocycles. The standard InChI is InChI=1S/C17H23BrN2O2/c1-13(21)20(16-10-6-5-9-15(16)18)12-11-17(22)19-14-7-3-2-4-8-14/h5-6,9-10,14H,2-4,7-8,11-12H2,1H3,(H,19,22). The number of hydrogen-bond acceptors (Lipinski definition) is 2. The van der Waals surface area contributed by atoms with Gasteiger partial charge in [-0.05, 0) is 40.9 Å². The van der Waals surface area contributed by atoms with Gasteiger partial charge in [0, 0.05) is 30.4 Å². The molecule has 4 nitrogen and oxygen atoms in total. The predicted octanol–water partition coefficient (Wildman–Crippen LogP) is 3.64. The van der Waals surface area contributed by atoms with E-state index in [4.69, 9.17) is 0 Å². The fourth-order valence-electron chi connectivity index (χ4n) is 2.88. The number of nitrogens with one attached hydrogen (secondary N) is 1. The molecule has 1 saturated carbocycles. The number of anilines is 1. The molecule has 2 amide bonds. The van der Waals surface area contributed by atoms with Crippen LogP contribution in [0.1, 0.15) is 45.4 Å². The van der Waals surface area contributed by atoms with Crippen LogP contribution in [0.25, 0.3) is 0 Å². The lowest BCUT2D eigenvalue weighted by molar-refractivity contribution is -0.121. The summed E-state index contributed by atoms with van der Waals surface area (Å²) in [6.07, 6.45) is 6.14. The van der Waals surface area contributed by atoms with Crippen LogP contribution in [0.2, 0.25) is 0 Å². The summed E-state index contributed by atoms with van der Waals surface area (Å²) in [4.78, 5) is 25.6. The Kier molecular flexibility index (Phi) is 6.43. The van der Waals surface area contributed by atoms with Gasteiger partial charge in [0.2, 0.25) is 11.8 Å². The SMILES string of the molecule is CC(=O)N(CCC(=O)NC1CCCCC1)c1ccccc1Br. The fraction of sp³-hybridized carbons (Fsp3) is 0.529. The molecule has 0 spiro atoms. The van der Waals surface area contributed by atoms with E-state index in [1.807, 2.05) is 24.3 Å². The van der Waals surface area contributed by atoms with Gasteiger partial charge >= 0.3 is 0 Å². The summed E-state index contributed by atoms with van der Waals surface area (Å²) < 4.78 is 0.859. The van der Waals surface area contributed by atoms with E-state index in [2.05, 4.69) is 21.2 Å². The molecule has 1 aliphatic carbocycles. The lowest BCUT2D eigenvalue weighted by Crippen LogP contribution is -2.39. The second-order valence-electron chi connectivity index (χ2n) is 5.77. The molecule has 1 aliphatic rings. The van der Waals surface area contributed by atoms with Crippen molar-refractivity contribution in [3.63, 3.8) is 0 Å². The van der Waals surface area contributed by atoms with E-state index in [1.165, 1.54) is 26.2 Å². The summed E-state index contributed by atoms with van der Waals surface area (Å²) in [6, 6.07) is 7.88. The van der Waals surface area contributed by atoms with E-state index in [1.54, 1.807) is 4.90 Å². The third-order valence-electron chi connectivity index (χ3n) is 4.06. The van der Waals surface area contributed by atoms with Crippen molar-refractivity contribution in [1.29, 1.82) is 0 Å². The van der Waals surface area contributed by atoms with Crippen molar-refractivity contribution >= 4 is 33.4 Å². The zero-order valence-corrected chi connectivity index (χ0v) is 14.6. The molecule has 120 valence electrons. The Morgan fingerprint density at radius 3 is 2.55 bits per heavy atom. The van der Waals surface area contributed by atoms with Crippen LogP contribution in [-0.2, 0) is 9.59 Å². The monoisotopic (exact) mass is 366 g/mol.